The highest BCUT2D eigenvalue weighted by atomic mass is 16.5. The first-order valence-corrected chi connectivity index (χ1v) is 7.44. The van der Waals surface area contributed by atoms with Gasteiger partial charge in [0.25, 0.3) is 11.8 Å². The van der Waals surface area contributed by atoms with Crippen LogP contribution in [0.3, 0.4) is 0 Å². The van der Waals surface area contributed by atoms with Crippen LogP contribution in [0, 0.1) is 0 Å². The Hall–Kier alpha value is -3.15. The van der Waals surface area contributed by atoms with Crippen molar-refractivity contribution in [2.24, 2.45) is 0 Å². The van der Waals surface area contributed by atoms with Crippen LogP contribution in [0.25, 0.3) is 0 Å². The minimum Gasteiger partial charge on any atom is -0.497 e. The number of anilines is 1. The molecule has 24 heavy (non-hydrogen) atoms. The number of amides is 3. The van der Waals surface area contributed by atoms with Crippen molar-refractivity contribution in [3.63, 3.8) is 0 Å². The minimum atomic E-state index is -0.917. The molecule has 2 aromatic carbocycles. The maximum Gasteiger partial charge on any atom is 0.262 e. The van der Waals surface area contributed by atoms with Gasteiger partial charge in [0.05, 0.1) is 18.2 Å². The number of carbonyl (C=O) groups excluding carboxylic acids is 3. The lowest BCUT2D eigenvalue weighted by Gasteiger charge is -2.21. The Morgan fingerprint density at radius 2 is 1.54 bits per heavy atom. The second kappa shape index (κ2) is 6.16. The van der Waals surface area contributed by atoms with E-state index in [1.165, 1.54) is 6.92 Å². The monoisotopic (exact) mass is 324 g/mol. The van der Waals surface area contributed by atoms with Crippen LogP contribution in [-0.2, 0) is 4.79 Å². The van der Waals surface area contributed by atoms with Crippen molar-refractivity contribution in [3.8, 4) is 5.75 Å². The predicted molar refractivity (Wildman–Crippen MR) is 88.0 cm³/mol. The number of hydrogen-bond acceptors (Lipinski definition) is 4. The molecule has 1 N–H and O–H groups in total. The van der Waals surface area contributed by atoms with Gasteiger partial charge in [-0.25, -0.2) is 0 Å². The molecule has 0 spiro atoms. The van der Waals surface area contributed by atoms with E-state index in [1.54, 1.807) is 55.6 Å². The number of nitrogens with one attached hydrogen (secondary N) is 1. The van der Waals surface area contributed by atoms with Gasteiger partial charge in [0, 0.05) is 5.69 Å². The van der Waals surface area contributed by atoms with Gasteiger partial charge in [-0.1, -0.05) is 12.1 Å². The quantitative estimate of drug-likeness (QED) is 0.876. The topological polar surface area (TPSA) is 75.7 Å². The first kappa shape index (κ1) is 15.7. The Morgan fingerprint density at radius 1 is 1.00 bits per heavy atom. The van der Waals surface area contributed by atoms with Crippen LogP contribution in [0.4, 0.5) is 5.69 Å². The highest BCUT2D eigenvalue weighted by Crippen LogP contribution is 2.25. The Balaban J connectivity index is 1.76. The lowest BCUT2D eigenvalue weighted by Crippen LogP contribution is -2.45. The van der Waals surface area contributed by atoms with Gasteiger partial charge in [-0.05, 0) is 43.3 Å². The number of ether oxygens (including phenoxy) is 1. The van der Waals surface area contributed by atoms with Crippen LogP contribution >= 0.6 is 0 Å². The van der Waals surface area contributed by atoms with Crippen molar-refractivity contribution < 1.29 is 19.1 Å². The molecule has 3 amide bonds. The zero-order valence-electron chi connectivity index (χ0n) is 13.3. The zero-order chi connectivity index (χ0) is 17.3. The van der Waals surface area contributed by atoms with Crippen LogP contribution in [-0.4, -0.2) is 35.8 Å². The minimum absolute atomic E-state index is 0.326. The predicted octanol–water partition coefficient (Wildman–Crippen LogP) is 2.32. The summed E-state index contributed by atoms with van der Waals surface area (Å²) >= 11 is 0. The van der Waals surface area contributed by atoms with E-state index >= 15 is 0 Å². The number of imide groups is 1. The van der Waals surface area contributed by atoms with E-state index in [1.807, 2.05) is 0 Å². The Kier molecular flexibility index (Phi) is 4.04. The van der Waals surface area contributed by atoms with Crippen molar-refractivity contribution in [1.82, 2.24) is 4.90 Å². The standard InChI is InChI=1S/C18H16N2O4/c1-11(16(21)19-12-7-9-13(24-2)10-8-12)20-17(22)14-5-3-4-6-15(14)18(20)23/h3-11H,1-2H3,(H,19,21)/t11-/m1/s1. The average Bonchev–Trinajstić information content (AvgIpc) is 2.86. The fraction of sp³-hybridized carbons (Fsp3) is 0.167. The number of nitrogens with zero attached hydrogens (tertiary/aromatic N) is 1. The highest BCUT2D eigenvalue weighted by molar-refractivity contribution is 6.23. The van der Waals surface area contributed by atoms with Crippen LogP contribution in [0.2, 0.25) is 0 Å². The maximum absolute atomic E-state index is 12.4. The number of methoxy groups -OCH3 is 1. The van der Waals surface area contributed by atoms with Crippen molar-refractivity contribution in [1.29, 1.82) is 0 Å². The van der Waals surface area contributed by atoms with Gasteiger partial charge in [0.1, 0.15) is 11.8 Å². The van der Waals surface area contributed by atoms with Crippen LogP contribution in [0.5, 0.6) is 5.75 Å². The van der Waals surface area contributed by atoms with E-state index in [9.17, 15) is 14.4 Å². The summed E-state index contributed by atoms with van der Waals surface area (Å²) < 4.78 is 5.06. The number of hydrogen-bond donors (Lipinski definition) is 1. The van der Waals surface area contributed by atoms with Gasteiger partial charge in [-0.2, -0.15) is 0 Å². The molecule has 3 rings (SSSR count). The third-order valence-electron chi connectivity index (χ3n) is 3.95. The summed E-state index contributed by atoms with van der Waals surface area (Å²) in [5.74, 6) is -0.669. The summed E-state index contributed by atoms with van der Waals surface area (Å²) in [6.45, 7) is 1.53. The van der Waals surface area contributed by atoms with Gasteiger partial charge in [-0.15, -0.1) is 0 Å². The van der Waals surface area contributed by atoms with Crippen molar-refractivity contribution >= 4 is 23.4 Å². The molecule has 1 aliphatic heterocycles. The summed E-state index contributed by atoms with van der Waals surface area (Å²) in [5.41, 5.74) is 1.21. The third-order valence-corrected chi connectivity index (χ3v) is 3.95. The molecule has 0 radical (unpaired) electrons. The largest absolute Gasteiger partial charge is 0.497 e. The van der Waals surface area contributed by atoms with Gasteiger partial charge in [0.15, 0.2) is 0 Å². The van der Waals surface area contributed by atoms with Gasteiger partial charge in [0.2, 0.25) is 5.91 Å². The molecule has 6 nitrogen and oxygen atoms in total. The second-order valence-corrected chi connectivity index (χ2v) is 5.42. The van der Waals surface area contributed by atoms with Crippen molar-refractivity contribution in [2.45, 2.75) is 13.0 Å². The molecule has 2 aromatic rings. The molecule has 1 aliphatic rings. The molecular weight excluding hydrogens is 308 g/mol. The first-order valence-electron chi connectivity index (χ1n) is 7.44. The molecule has 0 unspecified atom stereocenters. The summed E-state index contributed by atoms with van der Waals surface area (Å²) in [4.78, 5) is 38.2. The summed E-state index contributed by atoms with van der Waals surface area (Å²) in [7, 11) is 1.55. The molecule has 1 heterocycles. The van der Waals surface area contributed by atoms with Crippen molar-refractivity contribution in [2.75, 3.05) is 12.4 Å². The molecule has 0 fully saturated rings. The van der Waals surface area contributed by atoms with E-state index in [0.717, 1.165) is 4.90 Å². The fourth-order valence-corrected chi connectivity index (χ4v) is 2.60. The molecule has 0 bridgehead atoms. The number of carbonyl (C=O) groups is 3. The molecule has 0 aromatic heterocycles. The Morgan fingerprint density at radius 3 is 2.04 bits per heavy atom. The fourth-order valence-electron chi connectivity index (χ4n) is 2.60. The van der Waals surface area contributed by atoms with Gasteiger partial charge in [-0.3, -0.25) is 19.3 Å². The molecule has 0 aliphatic carbocycles. The number of benzene rings is 2. The third kappa shape index (κ3) is 2.62. The lowest BCUT2D eigenvalue weighted by atomic mass is 10.1. The normalized spacial score (nSPS) is 14.3. The van der Waals surface area contributed by atoms with Gasteiger partial charge >= 0.3 is 0 Å². The Bertz CT molecular complexity index is 779. The van der Waals surface area contributed by atoms with Crippen molar-refractivity contribution in [3.05, 3.63) is 59.7 Å². The maximum atomic E-state index is 12.4. The van der Waals surface area contributed by atoms with Crippen LogP contribution in [0.15, 0.2) is 48.5 Å². The number of rotatable bonds is 4. The van der Waals surface area contributed by atoms with E-state index in [4.69, 9.17) is 4.74 Å². The summed E-state index contributed by atoms with van der Waals surface area (Å²) in [5, 5.41) is 2.70. The molecule has 6 heteroatoms. The molecular formula is C18H16N2O4. The Labute approximate surface area is 139 Å². The van der Waals surface area contributed by atoms with E-state index in [-0.39, 0.29) is 0 Å². The van der Waals surface area contributed by atoms with Crippen LogP contribution in [0.1, 0.15) is 27.6 Å². The van der Waals surface area contributed by atoms with E-state index < -0.39 is 23.8 Å². The summed E-state index contributed by atoms with van der Waals surface area (Å²) in [6.07, 6.45) is 0. The van der Waals surface area contributed by atoms with E-state index in [2.05, 4.69) is 5.32 Å². The van der Waals surface area contributed by atoms with Crippen LogP contribution < -0.4 is 10.1 Å². The summed E-state index contributed by atoms with van der Waals surface area (Å²) in [6, 6.07) is 12.4. The first-order chi connectivity index (χ1) is 11.5. The van der Waals surface area contributed by atoms with E-state index in [0.29, 0.717) is 22.6 Å². The molecule has 122 valence electrons. The zero-order valence-corrected chi connectivity index (χ0v) is 13.3. The van der Waals surface area contributed by atoms with Gasteiger partial charge < -0.3 is 10.1 Å². The SMILES string of the molecule is COc1ccc(NC(=O)[C@@H](C)N2C(=O)c3ccccc3C2=O)cc1. The second-order valence-electron chi connectivity index (χ2n) is 5.42. The smallest absolute Gasteiger partial charge is 0.262 e. The highest BCUT2D eigenvalue weighted by Gasteiger charge is 2.40. The lowest BCUT2D eigenvalue weighted by molar-refractivity contribution is -0.119. The molecule has 0 saturated carbocycles. The molecule has 1 atom stereocenters. The average molecular weight is 324 g/mol. The molecule has 0 saturated heterocycles. The number of fused-ring (bicyclic) bond motifs is 1.